The van der Waals surface area contributed by atoms with Gasteiger partial charge in [-0.2, -0.15) is 0 Å². The molecule has 23 heavy (non-hydrogen) atoms. The molecule has 0 aliphatic heterocycles. The van der Waals surface area contributed by atoms with Crippen LogP contribution in [0, 0.1) is 0 Å². The molecular formula is C16H15N3O3S. The average molecular weight is 329 g/mol. The predicted molar refractivity (Wildman–Crippen MR) is 88.7 cm³/mol. The Bertz CT molecular complexity index is 886. The lowest BCUT2D eigenvalue weighted by Gasteiger charge is -2.01. The number of carbonyl (C=O) groups is 1. The molecule has 0 fully saturated rings. The average Bonchev–Trinajstić information content (AvgIpc) is 2.99. The van der Waals surface area contributed by atoms with Gasteiger partial charge in [-0.05, 0) is 18.6 Å². The van der Waals surface area contributed by atoms with Gasteiger partial charge in [0.05, 0.1) is 12.0 Å². The molecule has 3 rings (SSSR count). The predicted octanol–water partition coefficient (Wildman–Crippen LogP) is 2.72. The van der Waals surface area contributed by atoms with E-state index < -0.39 is 5.97 Å². The second-order valence-electron chi connectivity index (χ2n) is 4.81. The quantitative estimate of drug-likeness (QED) is 0.427. The number of rotatable bonds is 5. The zero-order chi connectivity index (χ0) is 16.2. The molecule has 0 amide bonds. The zero-order valence-electron chi connectivity index (χ0n) is 12.5. The van der Waals surface area contributed by atoms with Crippen molar-refractivity contribution in [3.63, 3.8) is 0 Å². The molecule has 0 bridgehead atoms. The first-order valence-corrected chi connectivity index (χ1v) is 8.13. The van der Waals surface area contributed by atoms with Gasteiger partial charge in [0.2, 0.25) is 0 Å². The molecule has 2 N–H and O–H groups in total. The zero-order valence-corrected chi connectivity index (χ0v) is 13.3. The molecule has 0 saturated carbocycles. The Labute approximate surface area is 136 Å². The van der Waals surface area contributed by atoms with Crippen molar-refractivity contribution in [2.75, 3.05) is 6.61 Å². The second-order valence-corrected chi connectivity index (χ2v) is 5.78. The van der Waals surface area contributed by atoms with Crippen LogP contribution in [0.1, 0.15) is 23.0 Å². The van der Waals surface area contributed by atoms with Crippen molar-refractivity contribution in [1.82, 2.24) is 15.0 Å². The SMILES string of the molecule is CCOC(=O)c1cc2c(=O)[nH]c(SCc3ccccc3)nc2[nH]1. The number of hydrogen-bond acceptors (Lipinski definition) is 5. The smallest absolute Gasteiger partial charge is 0.354 e. The molecule has 6 nitrogen and oxygen atoms in total. The summed E-state index contributed by atoms with van der Waals surface area (Å²) in [5.41, 5.74) is 1.47. The molecule has 2 aromatic heterocycles. The highest BCUT2D eigenvalue weighted by Crippen LogP contribution is 2.20. The maximum Gasteiger partial charge on any atom is 0.354 e. The van der Waals surface area contributed by atoms with Crippen molar-refractivity contribution >= 4 is 28.8 Å². The molecule has 0 aliphatic rings. The van der Waals surface area contributed by atoms with Crippen molar-refractivity contribution in [2.24, 2.45) is 0 Å². The monoisotopic (exact) mass is 329 g/mol. The van der Waals surface area contributed by atoms with Crippen LogP contribution < -0.4 is 5.56 Å². The van der Waals surface area contributed by atoms with Crippen molar-refractivity contribution in [3.8, 4) is 0 Å². The minimum atomic E-state index is -0.497. The van der Waals surface area contributed by atoms with Gasteiger partial charge in [0.15, 0.2) is 5.16 Å². The molecule has 1 aromatic carbocycles. The van der Waals surface area contributed by atoms with E-state index in [2.05, 4.69) is 15.0 Å². The van der Waals surface area contributed by atoms with Gasteiger partial charge in [-0.3, -0.25) is 4.79 Å². The number of fused-ring (bicyclic) bond motifs is 1. The largest absolute Gasteiger partial charge is 0.461 e. The number of hydrogen-bond donors (Lipinski definition) is 2. The summed E-state index contributed by atoms with van der Waals surface area (Å²) in [6.45, 7) is 2.00. The lowest BCUT2D eigenvalue weighted by molar-refractivity contribution is 0.0520. The van der Waals surface area contributed by atoms with Gasteiger partial charge in [-0.1, -0.05) is 42.1 Å². The van der Waals surface area contributed by atoms with Crippen LogP contribution in [0.3, 0.4) is 0 Å². The number of aromatic amines is 2. The molecular weight excluding hydrogens is 314 g/mol. The van der Waals surface area contributed by atoms with Crippen LogP contribution >= 0.6 is 11.8 Å². The van der Waals surface area contributed by atoms with Gasteiger partial charge in [-0.25, -0.2) is 9.78 Å². The summed E-state index contributed by atoms with van der Waals surface area (Å²) in [5, 5.41) is 0.848. The van der Waals surface area contributed by atoms with Crippen LogP contribution in [-0.4, -0.2) is 27.5 Å². The van der Waals surface area contributed by atoms with E-state index in [0.29, 0.717) is 21.9 Å². The number of nitrogens with zero attached hydrogens (tertiary/aromatic N) is 1. The third kappa shape index (κ3) is 3.45. The van der Waals surface area contributed by atoms with E-state index in [-0.39, 0.29) is 17.9 Å². The van der Waals surface area contributed by atoms with Gasteiger partial charge < -0.3 is 14.7 Å². The van der Waals surface area contributed by atoms with Crippen molar-refractivity contribution in [3.05, 3.63) is 58.0 Å². The summed E-state index contributed by atoms with van der Waals surface area (Å²) in [6.07, 6.45) is 0. The summed E-state index contributed by atoms with van der Waals surface area (Å²) in [7, 11) is 0. The third-order valence-electron chi connectivity index (χ3n) is 3.19. The molecule has 0 aliphatic carbocycles. The molecule has 7 heteroatoms. The fourth-order valence-corrected chi connectivity index (χ4v) is 2.93. The molecule has 0 radical (unpaired) electrons. The lowest BCUT2D eigenvalue weighted by atomic mass is 10.2. The van der Waals surface area contributed by atoms with E-state index in [0.717, 1.165) is 5.56 Å². The molecule has 3 aromatic rings. The number of ether oxygens (including phenoxy) is 1. The summed E-state index contributed by atoms with van der Waals surface area (Å²) in [5.74, 6) is 0.198. The minimum Gasteiger partial charge on any atom is -0.461 e. The van der Waals surface area contributed by atoms with Gasteiger partial charge in [0, 0.05) is 5.75 Å². The fraction of sp³-hybridized carbons (Fsp3) is 0.188. The highest BCUT2D eigenvalue weighted by atomic mass is 32.2. The van der Waals surface area contributed by atoms with Crippen LogP contribution in [0.25, 0.3) is 11.0 Å². The van der Waals surface area contributed by atoms with Gasteiger partial charge in [0.25, 0.3) is 5.56 Å². The maximum atomic E-state index is 12.1. The number of benzene rings is 1. The van der Waals surface area contributed by atoms with Crippen LogP contribution in [0.4, 0.5) is 0 Å². The first-order valence-electron chi connectivity index (χ1n) is 7.14. The van der Waals surface area contributed by atoms with E-state index in [1.165, 1.54) is 17.8 Å². The highest BCUT2D eigenvalue weighted by Gasteiger charge is 2.14. The van der Waals surface area contributed by atoms with Crippen LogP contribution in [0.15, 0.2) is 46.3 Å². The second kappa shape index (κ2) is 6.70. The molecule has 0 atom stereocenters. The summed E-state index contributed by atoms with van der Waals surface area (Å²) < 4.78 is 4.92. The Morgan fingerprint density at radius 3 is 2.78 bits per heavy atom. The molecule has 118 valence electrons. The summed E-state index contributed by atoms with van der Waals surface area (Å²) >= 11 is 1.43. The molecule has 0 unspecified atom stereocenters. The number of thioether (sulfide) groups is 1. The van der Waals surface area contributed by atoms with E-state index in [4.69, 9.17) is 4.74 Å². The topological polar surface area (TPSA) is 87.8 Å². The Morgan fingerprint density at radius 1 is 1.26 bits per heavy atom. The van der Waals surface area contributed by atoms with E-state index >= 15 is 0 Å². The Kier molecular flexibility index (Phi) is 4.47. The van der Waals surface area contributed by atoms with E-state index in [1.54, 1.807) is 6.92 Å². The molecule has 0 saturated heterocycles. The number of esters is 1. The number of H-pyrrole nitrogens is 2. The Morgan fingerprint density at radius 2 is 2.04 bits per heavy atom. The van der Waals surface area contributed by atoms with Crippen LogP contribution in [-0.2, 0) is 10.5 Å². The van der Waals surface area contributed by atoms with Crippen molar-refractivity contribution in [2.45, 2.75) is 17.8 Å². The molecule has 0 spiro atoms. The summed E-state index contributed by atoms with van der Waals surface area (Å²) in [4.78, 5) is 33.8. The van der Waals surface area contributed by atoms with Gasteiger partial charge >= 0.3 is 5.97 Å². The maximum absolute atomic E-state index is 12.1. The normalized spacial score (nSPS) is 10.8. The first kappa shape index (κ1) is 15.4. The Balaban J connectivity index is 1.85. The number of carbonyl (C=O) groups excluding carboxylic acids is 1. The van der Waals surface area contributed by atoms with Gasteiger partial charge in [0.1, 0.15) is 11.3 Å². The van der Waals surface area contributed by atoms with Crippen LogP contribution in [0.2, 0.25) is 0 Å². The first-order chi connectivity index (χ1) is 11.2. The lowest BCUT2D eigenvalue weighted by Crippen LogP contribution is -2.08. The van der Waals surface area contributed by atoms with E-state index in [1.807, 2.05) is 30.3 Å². The highest BCUT2D eigenvalue weighted by molar-refractivity contribution is 7.98. The Hall–Kier alpha value is -2.54. The number of nitrogens with one attached hydrogen (secondary N) is 2. The van der Waals surface area contributed by atoms with Gasteiger partial charge in [-0.15, -0.1) is 0 Å². The molecule has 2 heterocycles. The van der Waals surface area contributed by atoms with Crippen molar-refractivity contribution < 1.29 is 9.53 Å². The third-order valence-corrected chi connectivity index (χ3v) is 4.13. The summed E-state index contributed by atoms with van der Waals surface area (Å²) in [6, 6.07) is 11.4. The van der Waals surface area contributed by atoms with Crippen molar-refractivity contribution in [1.29, 1.82) is 0 Å². The number of aromatic nitrogens is 3. The minimum absolute atomic E-state index is 0.227. The van der Waals surface area contributed by atoms with E-state index in [9.17, 15) is 9.59 Å². The standard InChI is InChI=1S/C16H15N3O3S/c1-2-22-15(21)12-8-11-13(17-12)18-16(19-14(11)20)23-9-10-6-4-3-5-7-10/h3-8H,2,9H2,1H3,(H2,17,18,19,20). The van der Waals surface area contributed by atoms with Crippen LogP contribution in [0.5, 0.6) is 0 Å². The fourth-order valence-electron chi connectivity index (χ4n) is 2.11.